The quantitative estimate of drug-likeness (QED) is 0.749. The van der Waals surface area contributed by atoms with Crippen molar-refractivity contribution in [3.05, 3.63) is 36.0 Å². The van der Waals surface area contributed by atoms with E-state index in [4.69, 9.17) is 9.47 Å². The molecule has 1 aromatic heterocycles. The molecule has 8 nitrogen and oxygen atoms in total. The SMILES string of the molecule is COc1ccc(OC)c(S(=O)(=O)N(C)C2CN(c3ccc(C)nn3)C2)c1. The number of anilines is 1. The molecule has 0 radical (unpaired) electrons. The first-order valence-electron chi connectivity index (χ1n) is 8.12. The Hall–Kier alpha value is -2.39. The third-order valence-electron chi connectivity index (χ3n) is 4.51. The number of methoxy groups -OCH3 is 2. The molecular weight excluding hydrogens is 356 g/mol. The van der Waals surface area contributed by atoms with Crippen LogP contribution < -0.4 is 14.4 Å². The van der Waals surface area contributed by atoms with Crippen molar-refractivity contribution in [1.82, 2.24) is 14.5 Å². The number of rotatable bonds is 6. The Bertz CT molecular complexity index is 880. The third kappa shape index (κ3) is 3.32. The lowest BCUT2D eigenvalue weighted by Gasteiger charge is -2.43. The van der Waals surface area contributed by atoms with Crippen molar-refractivity contribution < 1.29 is 17.9 Å². The van der Waals surface area contributed by atoms with E-state index in [1.807, 2.05) is 24.0 Å². The molecule has 0 bridgehead atoms. The van der Waals surface area contributed by atoms with E-state index in [9.17, 15) is 8.42 Å². The molecule has 0 aliphatic carbocycles. The fourth-order valence-corrected chi connectivity index (χ4v) is 4.28. The monoisotopic (exact) mass is 378 g/mol. The van der Waals surface area contributed by atoms with E-state index in [1.54, 1.807) is 19.2 Å². The fourth-order valence-electron chi connectivity index (χ4n) is 2.77. The zero-order valence-corrected chi connectivity index (χ0v) is 16.0. The Morgan fingerprint density at radius 2 is 1.85 bits per heavy atom. The van der Waals surface area contributed by atoms with Crippen LogP contribution in [0, 0.1) is 6.92 Å². The minimum atomic E-state index is -3.72. The molecule has 2 aromatic rings. The average molecular weight is 378 g/mol. The Morgan fingerprint density at radius 3 is 2.42 bits per heavy atom. The molecule has 0 spiro atoms. The van der Waals surface area contributed by atoms with Crippen molar-refractivity contribution in [3.8, 4) is 11.5 Å². The molecule has 0 N–H and O–H groups in total. The molecule has 9 heteroatoms. The van der Waals surface area contributed by atoms with Crippen LogP contribution in [0.1, 0.15) is 5.69 Å². The molecular formula is C17H22N4O4S. The molecule has 0 atom stereocenters. The second-order valence-corrected chi connectivity index (χ2v) is 8.10. The van der Waals surface area contributed by atoms with Crippen LogP contribution >= 0.6 is 0 Å². The number of aromatic nitrogens is 2. The van der Waals surface area contributed by atoms with Gasteiger partial charge in [0.1, 0.15) is 16.4 Å². The third-order valence-corrected chi connectivity index (χ3v) is 6.44. The number of benzene rings is 1. The summed E-state index contributed by atoms with van der Waals surface area (Å²) in [6, 6.07) is 8.36. The number of hydrogen-bond donors (Lipinski definition) is 0. The van der Waals surface area contributed by atoms with Gasteiger partial charge >= 0.3 is 0 Å². The summed E-state index contributed by atoms with van der Waals surface area (Å²) in [6.45, 7) is 2.98. The van der Waals surface area contributed by atoms with Gasteiger partial charge in [0.25, 0.3) is 0 Å². The molecule has 2 heterocycles. The predicted octanol–water partition coefficient (Wildman–Crippen LogP) is 1.31. The molecule has 1 aliphatic heterocycles. The van der Waals surface area contributed by atoms with Gasteiger partial charge in [0.05, 0.1) is 26.0 Å². The van der Waals surface area contributed by atoms with Gasteiger partial charge in [-0.2, -0.15) is 9.40 Å². The molecule has 1 saturated heterocycles. The predicted molar refractivity (Wildman–Crippen MR) is 97.3 cm³/mol. The number of ether oxygens (including phenoxy) is 2. The van der Waals surface area contributed by atoms with Gasteiger partial charge in [-0.1, -0.05) is 0 Å². The highest BCUT2D eigenvalue weighted by molar-refractivity contribution is 7.89. The smallest absolute Gasteiger partial charge is 0.247 e. The Balaban J connectivity index is 1.78. The summed E-state index contributed by atoms with van der Waals surface area (Å²) in [5.41, 5.74) is 0.843. The van der Waals surface area contributed by atoms with E-state index in [-0.39, 0.29) is 10.9 Å². The van der Waals surface area contributed by atoms with Crippen LogP contribution in [0.5, 0.6) is 11.5 Å². The highest BCUT2D eigenvalue weighted by Gasteiger charge is 2.38. The summed E-state index contributed by atoms with van der Waals surface area (Å²) in [7, 11) is 0.800. The van der Waals surface area contributed by atoms with E-state index in [2.05, 4.69) is 10.2 Å². The molecule has 0 saturated carbocycles. The van der Waals surface area contributed by atoms with E-state index in [0.717, 1.165) is 11.5 Å². The van der Waals surface area contributed by atoms with Gasteiger partial charge in [-0.25, -0.2) is 8.42 Å². The number of hydrogen-bond acceptors (Lipinski definition) is 7. The molecule has 0 unspecified atom stereocenters. The Kier molecular flexibility index (Phi) is 5.01. The zero-order chi connectivity index (χ0) is 18.9. The minimum absolute atomic E-state index is 0.0930. The van der Waals surface area contributed by atoms with Gasteiger partial charge in [0, 0.05) is 26.2 Å². The maximum atomic E-state index is 13.0. The summed E-state index contributed by atoms with van der Waals surface area (Å²) >= 11 is 0. The molecule has 3 rings (SSSR count). The fraction of sp³-hybridized carbons (Fsp3) is 0.412. The highest BCUT2D eigenvalue weighted by atomic mass is 32.2. The van der Waals surface area contributed by atoms with Crippen molar-refractivity contribution in [2.75, 3.05) is 39.3 Å². The lowest BCUT2D eigenvalue weighted by molar-refractivity contribution is 0.307. The topological polar surface area (TPSA) is 84.9 Å². The maximum Gasteiger partial charge on any atom is 0.247 e. The van der Waals surface area contributed by atoms with Crippen LogP contribution in [0.3, 0.4) is 0 Å². The molecule has 26 heavy (non-hydrogen) atoms. The molecule has 1 aliphatic rings. The zero-order valence-electron chi connectivity index (χ0n) is 15.2. The number of likely N-dealkylation sites (N-methyl/N-ethyl adjacent to an activating group) is 1. The van der Waals surface area contributed by atoms with Crippen molar-refractivity contribution in [2.24, 2.45) is 0 Å². The summed E-state index contributed by atoms with van der Waals surface area (Å²) in [6.07, 6.45) is 0. The van der Waals surface area contributed by atoms with Crippen molar-refractivity contribution in [3.63, 3.8) is 0 Å². The average Bonchev–Trinajstić information content (AvgIpc) is 2.61. The Morgan fingerprint density at radius 1 is 1.12 bits per heavy atom. The van der Waals surface area contributed by atoms with Crippen molar-refractivity contribution in [2.45, 2.75) is 17.9 Å². The maximum absolute atomic E-state index is 13.0. The number of aryl methyl sites for hydroxylation is 1. The first-order chi connectivity index (χ1) is 12.4. The molecule has 0 amide bonds. The first kappa shape index (κ1) is 18.4. The van der Waals surface area contributed by atoms with E-state index in [0.29, 0.717) is 24.6 Å². The Labute approximate surface area is 153 Å². The normalized spacial score (nSPS) is 15.0. The molecule has 140 valence electrons. The molecule has 1 fully saturated rings. The summed E-state index contributed by atoms with van der Waals surface area (Å²) in [4.78, 5) is 2.08. The van der Waals surface area contributed by atoms with Crippen molar-refractivity contribution in [1.29, 1.82) is 0 Å². The summed E-state index contributed by atoms with van der Waals surface area (Å²) < 4.78 is 37.8. The van der Waals surface area contributed by atoms with Gasteiger partial charge in [-0.3, -0.25) is 0 Å². The van der Waals surface area contributed by atoms with Crippen LogP contribution in [-0.4, -0.2) is 63.3 Å². The van der Waals surface area contributed by atoms with Crippen LogP contribution in [0.4, 0.5) is 5.82 Å². The van der Waals surface area contributed by atoms with Gasteiger partial charge in [-0.15, -0.1) is 5.10 Å². The summed E-state index contributed by atoms with van der Waals surface area (Å²) in [5.74, 6) is 1.50. The second-order valence-electron chi connectivity index (χ2n) is 6.13. The minimum Gasteiger partial charge on any atom is -0.497 e. The van der Waals surface area contributed by atoms with E-state index in [1.165, 1.54) is 24.6 Å². The second kappa shape index (κ2) is 7.08. The largest absolute Gasteiger partial charge is 0.497 e. The highest BCUT2D eigenvalue weighted by Crippen LogP contribution is 2.32. The summed E-state index contributed by atoms with van der Waals surface area (Å²) in [5, 5.41) is 8.17. The number of nitrogens with zero attached hydrogens (tertiary/aromatic N) is 4. The van der Waals surface area contributed by atoms with Gasteiger partial charge < -0.3 is 14.4 Å². The standard InChI is InChI=1S/C17H22N4O4S/c1-12-5-8-17(19-18-12)21-10-13(11-21)20(2)26(22,23)16-9-14(24-3)6-7-15(16)25-4/h5-9,13H,10-11H2,1-4H3. The van der Waals surface area contributed by atoms with Gasteiger partial charge in [0.2, 0.25) is 10.0 Å². The van der Waals surface area contributed by atoms with E-state index < -0.39 is 10.0 Å². The molecule has 1 aromatic carbocycles. The van der Waals surface area contributed by atoms with Crippen LogP contribution in [0.15, 0.2) is 35.2 Å². The van der Waals surface area contributed by atoms with Gasteiger partial charge in [-0.05, 0) is 31.2 Å². The van der Waals surface area contributed by atoms with Gasteiger partial charge in [0.15, 0.2) is 5.82 Å². The van der Waals surface area contributed by atoms with Crippen LogP contribution in [0.25, 0.3) is 0 Å². The lowest BCUT2D eigenvalue weighted by atomic mass is 10.1. The van der Waals surface area contributed by atoms with Crippen LogP contribution in [0.2, 0.25) is 0 Å². The van der Waals surface area contributed by atoms with E-state index >= 15 is 0 Å². The first-order valence-corrected chi connectivity index (χ1v) is 9.56. The van der Waals surface area contributed by atoms with Crippen LogP contribution in [-0.2, 0) is 10.0 Å². The number of sulfonamides is 1. The van der Waals surface area contributed by atoms with Crippen molar-refractivity contribution >= 4 is 15.8 Å². The lowest BCUT2D eigenvalue weighted by Crippen LogP contribution is -2.60.